The molecule has 0 aliphatic carbocycles. The van der Waals surface area contributed by atoms with Crippen LogP contribution in [0.15, 0.2) is 6.33 Å². The Bertz CT molecular complexity index is 442. The third-order valence-electron chi connectivity index (χ3n) is 3.25. The zero-order valence-corrected chi connectivity index (χ0v) is 12.7. The van der Waals surface area contributed by atoms with Crippen LogP contribution in [-0.4, -0.2) is 28.5 Å². The van der Waals surface area contributed by atoms with Crippen LogP contribution >= 0.6 is 0 Å². The Hall–Kier alpha value is -2.05. The van der Waals surface area contributed by atoms with E-state index in [2.05, 4.69) is 27.5 Å². The fourth-order valence-electron chi connectivity index (χ4n) is 2.16. The molecule has 0 fully saturated rings. The Morgan fingerprint density at radius 1 is 1.33 bits per heavy atom. The highest BCUT2D eigenvalue weighted by Crippen LogP contribution is 2.10. The van der Waals surface area contributed by atoms with Crippen molar-refractivity contribution in [3.63, 3.8) is 0 Å². The van der Waals surface area contributed by atoms with Gasteiger partial charge in [0.1, 0.15) is 0 Å². The zero-order valence-electron chi connectivity index (χ0n) is 12.7. The summed E-state index contributed by atoms with van der Waals surface area (Å²) in [5, 5.41) is 12.4. The van der Waals surface area contributed by atoms with Gasteiger partial charge in [0.15, 0.2) is 5.96 Å². The second kappa shape index (κ2) is 9.79. The Labute approximate surface area is 125 Å². The van der Waals surface area contributed by atoms with Crippen molar-refractivity contribution < 1.29 is 4.79 Å². The number of aromatic nitrogens is 2. The van der Waals surface area contributed by atoms with Gasteiger partial charge in [0.2, 0.25) is 0 Å². The minimum absolute atomic E-state index is 0.0841. The molecule has 0 atom stereocenters. The van der Waals surface area contributed by atoms with E-state index < -0.39 is 6.03 Å². The molecule has 118 valence electrons. The van der Waals surface area contributed by atoms with Crippen LogP contribution in [0.3, 0.4) is 0 Å². The maximum atomic E-state index is 10.6. The number of amides is 2. The standard InChI is InChI=1S/C14H26N6O/c1-2-3-4-5-6-7-11-12(19-10-18-11)8-9-17-13(15)20-14(16)21/h10H,2-9H2,1H3,(H,18,19)(H5,15,16,17,20,21). The molecule has 0 spiro atoms. The van der Waals surface area contributed by atoms with Gasteiger partial charge in [-0.25, -0.2) is 9.78 Å². The number of H-pyrrole nitrogens is 1. The summed E-state index contributed by atoms with van der Waals surface area (Å²) in [5.74, 6) is -0.0841. The number of rotatable bonds is 9. The third kappa shape index (κ3) is 7.34. The maximum absolute atomic E-state index is 10.6. The summed E-state index contributed by atoms with van der Waals surface area (Å²) in [4.78, 5) is 18.1. The number of nitrogens with one attached hydrogen (secondary N) is 4. The van der Waals surface area contributed by atoms with Crippen molar-refractivity contribution in [2.75, 3.05) is 6.54 Å². The lowest BCUT2D eigenvalue weighted by Gasteiger charge is -2.07. The van der Waals surface area contributed by atoms with Crippen molar-refractivity contribution in [3.8, 4) is 0 Å². The molecule has 0 bridgehead atoms. The van der Waals surface area contributed by atoms with E-state index in [1.165, 1.54) is 37.8 Å². The molecule has 2 amide bonds. The van der Waals surface area contributed by atoms with Gasteiger partial charge >= 0.3 is 6.03 Å². The Morgan fingerprint density at radius 3 is 2.81 bits per heavy atom. The highest BCUT2D eigenvalue weighted by molar-refractivity contribution is 5.93. The zero-order chi connectivity index (χ0) is 15.5. The number of imidazole rings is 1. The number of hydrogen-bond acceptors (Lipinski definition) is 3. The maximum Gasteiger partial charge on any atom is 0.318 e. The van der Waals surface area contributed by atoms with E-state index in [0.717, 1.165) is 12.1 Å². The van der Waals surface area contributed by atoms with Crippen LogP contribution in [0, 0.1) is 5.41 Å². The molecule has 1 aromatic heterocycles. The Morgan fingerprint density at radius 2 is 2.10 bits per heavy atom. The van der Waals surface area contributed by atoms with E-state index in [-0.39, 0.29) is 5.96 Å². The Balaban J connectivity index is 2.25. The van der Waals surface area contributed by atoms with Crippen molar-refractivity contribution in [2.45, 2.75) is 51.9 Å². The minimum Gasteiger partial charge on any atom is -0.356 e. The van der Waals surface area contributed by atoms with Crippen LogP contribution in [0.25, 0.3) is 0 Å². The number of guanidine groups is 1. The van der Waals surface area contributed by atoms with E-state index >= 15 is 0 Å². The fourth-order valence-corrected chi connectivity index (χ4v) is 2.16. The van der Waals surface area contributed by atoms with Crippen LogP contribution in [0.1, 0.15) is 50.4 Å². The molecule has 0 saturated heterocycles. The molecule has 21 heavy (non-hydrogen) atoms. The van der Waals surface area contributed by atoms with Crippen LogP contribution in [0.5, 0.6) is 0 Å². The predicted molar refractivity (Wildman–Crippen MR) is 83.2 cm³/mol. The quantitative estimate of drug-likeness (QED) is 0.270. The van der Waals surface area contributed by atoms with E-state index in [4.69, 9.17) is 11.1 Å². The Kier molecular flexibility index (Phi) is 7.93. The molecular formula is C14H26N6O. The number of carbonyl (C=O) groups is 1. The number of unbranched alkanes of at least 4 members (excludes halogenated alkanes) is 4. The van der Waals surface area contributed by atoms with Gasteiger partial charge in [0, 0.05) is 18.7 Å². The van der Waals surface area contributed by atoms with Gasteiger partial charge in [-0.2, -0.15) is 0 Å². The van der Waals surface area contributed by atoms with Gasteiger partial charge in [-0.05, 0) is 12.8 Å². The monoisotopic (exact) mass is 294 g/mol. The lowest BCUT2D eigenvalue weighted by Crippen LogP contribution is -2.43. The number of urea groups is 1. The van der Waals surface area contributed by atoms with Gasteiger partial charge in [0.05, 0.1) is 12.0 Å². The summed E-state index contributed by atoms with van der Waals surface area (Å²) in [7, 11) is 0. The number of hydrogen-bond donors (Lipinski definition) is 5. The van der Waals surface area contributed by atoms with Crippen molar-refractivity contribution in [3.05, 3.63) is 17.7 Å². The van der Waals surface area contributed by atoms with Crippen molar-refractivity contribution in [1.29, 1.82) is 5.41 Å². The van der Waals surface area contributed by atoms with Crippen LogP contribution in [0.2, 0.25) is 0 Å². The first kappa shape index (κ1) is 17.0. The molecule has 7 nitrogen and oxygen atoms in total. The molecule has 1 aromatic rings. The summed E-state index contributed by atoms with van der Waals surface area (Å²) in [6, 6.07) is -0.736. The molecule has 1 rings (SSSR count). The molecule has 1 heterocycles. The number of aromatic amines is 1. The van der Waals surface area contributed by atoms with Crippen LogP contribution < -0.4 is 16.4 Å². The molecule has 0 unspecified atom stereocenters. The molecular weight excluding hydrogens is 268 g/mol. The highest BCUT2D eigenvalue weighted by atomic mass is 16.2. The molecule has 0 aliphatic heterocycles. The fraction of sp³-hybridized carbons (Fsp3) is 0.643. The van der Waals surface area contributed by atoms with Crippen molar-refractivity contribution >= 4 is 12.0 Å². The lowest BCUT2D eigenvalue weighted by atomic mass is 10.1. The molecule has 7 heteroatoms. The summed E-state index contributed by atoms with van der Waals surface area (Å²) < 4.78 is 0. The average molecular weight is 294 g/mol. The van der Waals surface area contributed by atoms with Gasteiger partial charge in [0.25, 0.3) is 0 Å². The number of primary amides is 1. The van der Waals surface area contributed by atoms with E-state index in [1.54, 1.807) is 6.33 Å². The minimum atomic E-state index is -0.736. The molecule has 0 saturated carbocycles. The third-order valence-corrected chi connectivity index (χ3v) is 3.25. The van der Waals surface area contributed by atoms with E-state index in [1.807, 2.05) is 0 Å². The normalized spacial score (nSPS) is 10.3. The summed E-state index contributed by atoms with van der Waals surface area (Å²) in [6.45, 7) is 2.75. The lowest BCUT2D eigenvalue weighted by molar-refractivity contribution is 0.253. The van der Waals surface area contributed by atoms with Crippen molar-refractivity contribution in [1.82, 2.24) is 20.6 Å². The number of aryl methyl sites for hydroxylation is 1. The number of carbonyl (C=O) groups excluding carboxylic acids is 1. The van der Waals surface area contributed by atoms with E-state index in [0.29, 0.717) is 13.0 Å². The summed E-state index contributed by atoms with van der Waals surface area (Å²) in [6.07, 6.45) is 9.69. The molecule has 6 N–H and O–H groups in total. The SMILES string of the molecule is CCCCCCCc1[nH]cnc1CCNC(=N)NC(N)=O. The first-order valence-electron chi connectivity index (χ1n) is 7.53. The predicted octanol–water partition coefficient (Wildman–Crippen LogP) is 1.66. The highest BCUT2D eigenvalue weighted by Gasteiger charge is 2.06. The number of nitrogens with zero attached hydrogens (tertiary/aromatic N) is 1. The van der Waals surface area contributed by atoms with Gasteiger partial charge in [-0.3, -0.25) is 10.7 Å². The van der Waals surface area contributed by atoms with Gasteiger partial charge < -0.3 is 16.0 Å². The number of nitrogens with two attached hydrogens (primary N) is 1. The summed E-state index contributed by atoms with van der Waals surface area (Å²) in [5.41, 5.74) is 7.11. The van der Waals surface area contributed by atoms with E-state index in [9.17, 15) is 4.79 Å². The molecule has 0 radical (unpaired) electrons. The first-order chi connectivity index (χ1) is 10.1. The summed E-state index contributed by atoms with van der Waals surface area (Å²) >= 11 is 0. The largest absolute Gasteiger partial charge is 0.356 e. The van der Waals surface area contributed by atoms with Crippen LogP contribution in [-0.2, 0) is 12.8 Å². The van der Waals surface area contributed by atoms with Gasteiger partial charge in [-0.15, -0.1) is 0 Å². The molecule has 0 aliphatic rings. The van der Waals surface area contributed by atoms with Crippen LogP contribution in [0.4, 0.5) is 4.79 Å². The molecule has 0 aromatic carbocycles. The second-order valence-corrected chi connectivity index (χ2v) is 5.03. The van der Waals surface area contributed by atoms with Gasteiger partial charge in [-0.1, -0.05) is 32.6 Å². The topological polar surface area (TPSA) is 120 Å². The average Bonchev–Trinajstić information content (AvgIpc) is 2.85. The second-order valence-electron chi connectivity index (χ2n) is 5.03. The first-order valence-corrected chi connectivity index (χ1v) is 7.53. The smallest absolute Gasteiger partial charge is 0.318 e. The van der Waals surface area contributed by atoms with Crippen molar-refractivity contribution in [2.24, 2.45) is 5.73 Å².